The van der Waals surface area contributed by atoms with Crippen molar-refractivity contribution in [3.05, 3.63) is 12.2 Å². The van der Waals surface area contributed by atoms with Gasteiger partial charge in [0, 0.05) is 12.8 Å². The number of imidazole rings is 1. The molecule has 1 saturated heterocycles. The smallest absolute Gasteiger partial charge is 0.208 e. The Morgan fingerprint density at radius 3 is 2.68 bits per heavy atom. The number of nitrogen functional groups attached to an aromatic ring is 1. The summed E-state index contributed by atoms with van der Waals surface area (Å²) in [6, 6.07) is 2.11. The van der Waals surface area contributed by atoms with E-state index in [2.05, 4.69) is 32.9 Å². The molecule has 1 fully saturated rings. The van der Waals surface area contributed by atoms with Crippen molar-refractivity contribution in [3.63, 3.8) is 0 Å². The predicted molar refractivity (Wildman–Crippen MR) is 98.3 cm³/mol. The van der Waals surface area contributed by atoms with E-state index in [9.17, 15) is 15.3 Å². The van der Waals surface area contributed by atoms with Gasteiger partial charge in [-0.25, -0.2) is 15.0 Å². The molecular weight excluding hydrogens is 364 g/mol. The fourth-order valence-electron chi connectivity index (χ4n) is 3.03. The van der Waals surface area contributed by atoms with E-state index in [4.69, 9.17) is 15.7 Å². The number of nitrogens with two attached hydrogens (primary N) is 1. The highest BCUT2D eigenvalue weighted by Crippen LogP contribution is 2.31. The van der Waals surface area contributed by atoms with E-state index in [0.29, 0.717) is 24.0 Å². The molecule has 2 aromatic rings. The van der Waals surface area contributed by atoms with Crippen LogP contribution in [0.1, 0.15) is 44.2 Å². The second kappa shape index (κ2) is 8.95. The van der Waals surface area contributed by atoms with Crippen molar-refractivity contribution in [1.29, 1.82) is 5.26 Å². The minimum Gasteiger partial charge on any atom is -0.394 e. The molecule has 1 aliphatic heterocycles. The second-order valence-electron chi connectivity index (χ2n) is 6.51. The van der Waals surface area contributed by atoms with Gasteiger partial charge in [0.25, 0.3) is 0 Å². The molecular formula is C18H22N6O4. The van der Waals surface area contributed by atoms with Crippen molar-refractivity contribution < 1.29 is 20.1 Å². The normalized spacial score (nSPS) is 24.1. The van der Waals surface area contributed by atoms with Gasteiger partial charge in [-0.3, -0.25) is 4.57 Å². The zero-order chi connectivity index (χ0) is 20.1. The summed E-state index contributed by atoms with van der Waals surface area (Å²) in [5.41, 5.74) is 6.60. The van der Waals surface area contributed by atoms with Gasteiger partial charge >= 0.3 is 0 Å². The molecule has 3 rings (SSSR count). The lowest BCUT2D eigenvalue weighted by atomic mass is 10.1. The lowest BCUT2D eigenvalue weighted by molar-refractivity contribution is -0.0511. The Morgan fingerprint density at radius 1 is 1.18 bits per heavy atom. The summed E-state index contributed by atoms with van der Waals surface area (Å²) < 4.78 is 6.97. The number of fused-ring (bicyclic) bond motifs is 1. The molecule has 0 aromatic carbocycles. The average Bonchev–Trinajstić information content (AvgIpc) is 3.23. The number of aromatic nitrogens is 4. The summed E-state index contributed by atoms with van der Waals surface area (Å²) in [7, 11) is 0. The van der Waals surface area contributed by atoms with Crippen molar-refractivity contribution in [2.45, 2.75) is 56.6 Å². The van der Waals surface area contributed by atoms with E-state index in [0.717, 1.165) is 19.3 Å². The van der Waals surface area contributed by atoms with E-state index < -0.39 is 31.1 Å². The largest absolute Gasteiger partial charge is 0.394 e. The van der Waals surface area contributed by atoms with Gasteiger partial charge in [0.2, 0.25) is 5.82 Å². The highest BCUT2D eigenvalue weighted by molar-refractivity contribution is 5.82. The molecule has 0 saturated carbocycles. The van der Waals surface area contributed by atoms with Crippen molar-refractivity contribution in [2.75, 3.05) is 12.3 Å². The number of nitriles is 1. The molecule has 5 N–H and O–H groups in total. The van der Waals surface area contributed by atoms with Crippen LogP contribution in [0.4, 0.5) is 5.82 Å². The molecule has 0 amide bonds. The molecule has 2 unspecified atom stereocenters. The molecule has 10 nitrogen and oxygen atoms in total. The minimum atomic E-state index is -1.26. The molecule has 3 heterocycles. The van der Waals surface area contributed by atoms with E-state index >= 15 is 0 Å². The number of nitrogens with zero attached hydrogens (tertiary/aromatic N) is 5. The third-order valence-corrected chi connectivity index (χ3v) is 4.53. The van der Waals surface area contributed by atoms with Crippen LogP contribution >= 0.6 is 0 Å². The Bertz CT molecular complexity index is 928. The summed E-state index contributed by atoms with van der Waals surface area (Å²) in [5.74, 6) is 6.22. The molecule has 0 spiro atoms. The monoisotopic (exact) mass is 386 g/mol. The summed E-state index contributed by atoms with van der Waals surface area (Å²) in [6.07, 6.45) is 0.912. The maximum atomic E-state index is 10.2. The van der Waals surface area contributed by atoms with E-state index in [1.165, 1.54) is 10.9 Å². The van der Waals surface area contributed by atoms with Crippen LogP contribution in [0.5, 0.6) is 0 Å². The van der Waals surface area contributed by atoms with Crippen LogP contribution in [-0.2, 0) is 4.74 Å². The fraction of sp³-hybridized carbons (Fsp3) is 0.556. The van der Waals surface area contributed by atoms with Gasteiger partial charge in [-0.2, -0.15) is 5.26 Å². The fourth-order valence-corrected chi connectivity index (χ4v) is 3.03. The first kappa shape index (κ1) is 20.0. The molecule has 28 heavy (non-hydrogen) atoms. The highest BCUT2D eigenvalue weighted by atomic mass is 16.6. The van der Waals surface area contributed by atoms with E-state index in [1.807, 2.05) is 0 Å². The minimum absolute atomic E-state index is 0.147. The maximum absolute atomic E-state index is 10.2. The Balaban J connectivity index is 1.79. The van der Waals surface area contributed by atoms with Gasteiger partial charge in [-0.15, -0.1) is 0 Å². The van der Waals surface area contributed by atoms with Crippen LogP contribution in [0, 0.1) is 23.2 Å². The number of aliphatic hydroxyl groups excluding tert-OH is 3. The molecule has 0 aliphatic carbocycles. The predicted octanol–water partition coefficient (Wildman–Crippen LogP) is -0.154. The Hall–Kier alpha value is -2.76. The average molecular weight is 386 g/mol. The van der Waals surface area contributed by atoms with Crippen LogP contribution in [0.15, 0.2) is 6.33 Å². The number of rotatable bonds is 6. The molecule has 148 valence electrons. The Morgan fingerprint density at radius 2 is 1.96 bits per heavy atom. The number of hydrogen-bond donors (Lipinski definition) is 4. The van der Waals surface area contributed by atoms with Crippen molar-refractivity contribution in [2.24, 2.45) is 0 Å². The summed E-state index contributed by atoms with van der Waals surface area (Å²) in [5, 5.41) is 38.0. The number of aliphatic hydroxyl groups is 3. The van der Waals surface area contributed by atoms with Crippen molar-refractivity contribution in [3.8, 4) is 17.9 Å². The second-order valence-corrected chi connectivity index (χ2v) is 6.51. The number of hydrogen-bond acceptors (Lipinski definition) is 9. The van der Waals surface area contributed by atoms with Crippen LogP contribution in [0.2, 0.25) is 0 Å². The summed E-state index contributed by atoms with van der Waals surface area (Å²) >= 11 is 0. The van der Waals surface area contributed by atoms with E-state index in [-0.39, 0.29) is 11.6 Å². The molecule has 2 aromatic heterocycles. The summed E-state index contributed by atoms with van der Waals surface area (Å²) in [4.78, 5) is 12.6. The third-order valence-electron chi connectivity index (χ3n) is 4.53. The van der Waals surface area contributed by atoms with E-state index in [1.54, 1.807) is 0 Å². The first-order valence-electron chi connectivity index (χ1n) is 9.05. The molecule has 1 aliphatic rings. The lowest BCUT2D eigenvalue weighted by Gasteiger charge is -2.16. The van der Waals surface area contributed by atoms with Gasteiger partial charge in [0.15, 0.2) is 17.7 Å². The van der Waals surface area contributed by atoms with Gasteiger partial charge in [-0.1, -0.05) is 12.3 Å². The number of ether oxygens (including phenoxy) is 1. The van der Waals surface area contributed by atoms with Crippen molar-refractivity contribution >= 4 is 17.0 Å². The Kier molecular flexibility index (Phi) is 6.39. The SMILES string of the molecule is N#CCCCCCC#Cc1nc(N)c2ncn([C@@H]3O[C@H](CO)C(O)C3O)c2n1. The molecule has 10 heteroatoms. The first-order valence-corrected chi connectivity index (χ1v) is 9.05. The summed E-state index contributed by atoms with van der Waals surface area (Å²) in [6.45, 7) is -0.427. The number of anilines is 1. The molecule has 0 bridgehead atoms. The zero-order valence-electron chi connectivity index (χ0n) is 15.2. The first-order chi connectivity index (χ1) is 13.6. The van der Waals surface area contributed by atoms with Gasteiger partial charge in [-0.05, 0) is 18.8 Å². The number of unbranched alkanes of at least 4 members (excludes halogenated alkanes) is 4. The van der Waals surface area contributed by atoms with Crippen LogP contribution in [0.25, 0.3) is 11.2 Å². The van der Waals surface area contributed by atoms with Crippen LogP contribution < -0.4 is 5.73 Å². The van der Waals surface area contributed by atoms with Crippen molar-refractivity contribution in [1.82, 2.24) is 19.5 Å². The molecule has 0 radical (unpaired) electrons. The molecule has 4 atom stereocenters. The van der Waals surface area contributed by atoms with Crippen LogP contribution in [0.3, 0.4) is 0 Å². The standard InChI is InChI=1S/C18H22N6O4/c19-8-6-4-2-1-3-5-7-12-22-16(20)13-17(23-12)24(10-21-13)18-15(27)14(26)11(9-25)28-18/h10-11,14-15,18,25-27H,1-4,6,9H2,(H2,20,22,23)/t11-,14?,15?,18-/m1/s1. The van der Waals surface area contributed by atoms with Gasteiger partial charge in [0.05, 0.1) is 19.0 Å². The van der Waals surface area contributed by atoms with Gasteiger partial charge < -0.3 is 25.8 Å². The lowest BCUT2D eigenvalue weighted by Crippen LogP contribution is -2.33. The van der Waals surface area contributed by atoms with Crippen LogP contribution in [-0.4, -0.2) is 59.8 Å². The van der Waals surface area contributed by atoms with Gasteiger partial charge in [0.1, 0.15) is 23.8 Å². The quantitative estimate of drug-likeness (QED) is 0.390. The highest BCUT2D eigenvalue weighted by Gasteiger charge is 2.44. The third kappa shape index (κ3) is 4.06. The maximum Gasteiger partial charge on any atom is 0.208 e. The topological polar surface area (TPSA) is 163 Å². The zero-order valence-corrected chi connectivity index (χ0v) is 15.2. The Labute approximate surface area is 161 Å².